The van der Waals surface area contributed by atoms with Crippen LogP contribution in [0.15, 0.2) is 67.3 Å². The van der Waals surface area contributed by atoms with Gasteiger partial charge in [-0.05, 0) is 29.3 Å². The van der Waals surface area contributed by atoms with E-state index in [0.717, 1.165) is 60.0 Å². The first kappa shape index (κ1) is 16.6. The van der Waals surface area contributed by atoms with Crippen molar-refractivity contribution in [2.75, 3.05) is 36.0 Å². The average Bonchev–Trinajstić information content (AvgIpc) is 2.80. The molecule has 4 aromatic rings. The van der Waals surface area contributed by atoms with E-state index in [9.17, 15) is 0 Å². The first-order chi connectivity index (χ1) is 13.9. The molecule has 0 amide bonds. The Morgan fingerprint density at radius 2 is 1.50 bits per heavy atom. The number of anilines is 2. The van der Waals surface area contributed by atoms with Crippen molar-refractivity contribution in [3.05, 3.63) is 73.3 Å². The number of nitrogens with zero attached hydrogens (tertiary/aromatic N) is 6. The lowest BCUT2D eigenvalue weighted by Crippen LogP contribution is -2.47. The highest BCUT2D eigenvalue weighted by Crippen LogP contribution is 2.24. The molecule has 28 heavy (non-hydrogen) atoms. The molecule has 2 aromatic carbocycles. The molecule has 0 bridgehead atoms. The van der Waals surface area contributed by atoms with Crippen molar-refractivity contribution in [1.29, 1.82) is 0 Å². The number of piperazine rings is 1. The minimum absolute atomic E-state index is 0.880. The van der Waals surface area contributed by atoms with Crippen LogP contribution in [0.2, 0.25) is 0 Å². The van der Waals surface area contributed by atoms with Crippen molar-refractivity contribution < 1.29 is 0 Å². The SMILES string of the molecule is [c]1ccc(-c2ccc3ncc(N4CCN(c5cnccn5)CC4)nc3c2)cc1. The quantitative estimate of drug-likeness (QED) is 0.554. The molecule has 3 heterocycles. The Morgan fingerprint density at radius 3 is 2.25 bits per heavy atom. The van der Waals surface area contributed by atoms with E-state index in [1.54, 1.807) is 12.4 Å². The normalized spacial score (nSPS) is 14.4. The number of rotatable bonds is 3. The first-order valence-electron chi connectivity index (χ1n) is 9.36. The Balaban J connectivity index is 1.38. The maximum atomic E-state index is 4.89. The lowest BCUT2D eigenvalue weighted by Gasteiger charge is -2.35. The summed E-state index contributed by atoms with van der Waals surface area (Å²) in [7, 11) is 0. The van der Waals surface area contributed by atoms with Gasteiger partial charge in [0.15, 0.2) is 0 Å². The zero-order valence-corrected chi connectivity index (χ0v) is 15.4. The minimum atomic E-state index is 0.880. The Morgan fingerprint density at radius 1 is 0.714 bits per heavy atom. The molecule has 0 atom stereocenters. The van der Waals surface area contributed by atoms with Gasteiger partial charge >= 0.3 is 0 Å². The van der Waals surface area contributed by atoms with Crippen molar-refractivity contribution in [2.45, 2.75) is 0 Å². The van der Waals surface area contributed by atoms with E-state index in [1.807, 2.05) is 30.6 Å². The maximum Gasteiger partial charge on any atom is 0.147 e. The predicted octanol–water partition coefficient (Wildman–Crippen LogP) is 3.21. The topological polar surface area (TPSA) is 58.0 Å². The molecule has 1 saturated heterocycles. The number of hydrogen-bond donors (Lipinski definition) is 0. The first-order valence-corrected chi connectivity index (χ1v) is 9.36. The second-order valence-corrected chi connectivity index (χ2v) is 6.76. The number of hydrogen-bond acceptors (Lipinski definition) is 6. The minimum Gasteiger partial charge on any atom is -0.352 e. The van der Waals surface area contributed by atoms with Crippen LogP contribution in [0.4, 0.5) is 11.6 Å². The highest BCUT2D eigenvalue weighted by atomic mass is 15.3. The Labute approximate surface area is 163 Å². The molecule has 1 aliphatic rings. The fourth-order valence-corrected chi connectivity index (χ4v) is 3.53. The van der Waals surface area contributed by atoms with Gasteiger partial charge in [0.25, 0.3) is 0 Å². The van der Waals surface area contributed by atoms with Gasteiger partial charge in [0.05, 0.1) is 23.4 Å². The molecule has 0 aliphatic carbocycles. The highest BCUT2D eigenvalue weighted by molar-refractivity contribution is 5.82. The van der Waals surface area contributed by atoms with Crippen LogP contribution in [0, 0.1) is 6.07 Å². The Bertz CT molecular complexity index is 1080. The van der Waals surface area contributed by atoms with Crippen LogP contribution in [0.5, 0.6) is 0 Å². The van der Waals surface area contributed by atoms with E-state index >= 15 is 0 Å². The lowest BCUT2D eigenvalue weighted by atomic mass is 10.1. The Kier molecular flexibility index (Phi) is 4.29. The zero-order valence-electron chi connectivity index (χ0n) is 15.4. The molecule has 137 valence electrons. The molecule has 0 spiro atoms. The fraction of sp³-hybridized carbons (Fsp3) is 0.182. The van der Waals surface area contributed by atoms with E-state index < -0.39 is 0 Å². The van der Waals surface area contributed by atoms with Crippen molar-refractivity contribution >= 4 is 22.7 Å². The van der Waals surface area contributed by atoms with Gasteiger partial charge in [-0.1, -0.05) is 30.3 Å². The fourth-order valence-electron chi connectivity index (χ4n) is 3.53. The molecule has 2 aromatic heterocycles. The van der Waals surface area contributed by atoms with Crippen molar-refractivity contribution in [2.24, 2.45) is 0 Å². The summed E-state index contributed by atoms with van der Waals surface area (Å²) in [5, 5.41) is 0. The van der Waals surface area contributed by atoms with Gasteiger partial charge in [0.2, 0.25) is 0 Å². The molecule has 5 rings (SSSR count). The standard InChI is InChI=1S/C22H19N6/c1-2-4-17(5-3-1)18-6-7-19-20(14-18)26-22(16-25-19)28-12-10-27(11-13-28)21-15-23-8-9-24-21/h2-9,14-16H,10-13H2. The van der Waals surface area contributed by atoms with Crippen LogP contribution in [-0.2, 0) is 0 Å². The molecule has 6 nitrogen and oxygen atoms in total. The molecule has 6 heteroatoms. The number of aromatic nitrogens is 4. The van der Waals surface area contributed by atoms with Crippen molar-refractivity contribution in [3.63, 3.8) is 0 Å². The Hall–Kier alpha value is -3.54. The monoisotopic (exact) mass is 367 g/mol. The largest absolute Gasteiger partial charge is 0.352 e. The van der Waals surface area contributed by atoms with Crippen LogP contribution in [-0.4, -0.2) is 46.1 Å². The third-order valence-corrected chi connectivity index (χ3v) is 5.06. The molecule has 0 unspecified atom stereocenters. The second-order valence-electron chi connectivity index (χ2n) is 6.76. The van der Waals surface area contributed by atoms with Gasteiger partial charge in [0.1, 0.15) is 11.6 Å². The van der Waals surface area contributed by atoms with Gasteiger partial charge in [-0.2, -0.15) is 0 Å². The van der Waals surface area contributed by atoms with Gasteiger partial charge in [0, 0.05) is 38.6 Å². The number of fused-ring (bicyclic) bond motifs is 1. The summed E-state index contributed by atoms with van der Waals surface area (Å²) in [5.41, 5.74) is 4.12. The molecule has 1 fully saturated rings. The van der Waals surface area contributed by atoms with Gasteiger partial charge in [-0.3, -0.25) is 9.97 Å². The van der Waals surface area contributed by atoms with Crippen LogP contribution < -0.4 is 9.80 Å². The van der Waals surface area contributed by atoms with Crippen LogP contribution >= 0.6 is 0 Å². The third-order valence-electron chi connectivity index (χ3n) is 5.06. The maximum absolute atomic E-state index is 4.89. The summed E-state index contributed by atoms with van der Waals surface area (Å²) >= 11 is 0. The smallest absolute Gasteiger partial charge is 0.147 e. The summed E-state index contributed by atoms with van der Waals surface area (Å²) in [6.45, 7) is 3.54. The molecular formula is C22H19N6. The van der Waals surface area contributed by atoms with Crippen LogP contribution in [0.25, 0.3) is 22.2 Å². The van der Waals surface area contributed by atoms with Crippen molar-refractivity contribution in [3.8, 4) is 11.1 Å². The zero-order chi connectivity index (χ0) is 18.8. The van der Waals surface area contributed by atoms with Crippen LogP contribution in [0.1, 0.15) is 0 Å². The lowest BCUT2D eigenvalue weighted by molar-refractivity contribution is 0.640. The molecule has 0 saturated carbocycles. The second kappa shape index (κ2) is 7.23. The molecular weight excluding hydrogens is 348 g/mol. The molecule has 0 N–H and O–H groups in total. The predicted molar refractivity (Wildman–Crippen MR) is 110 cm³/mol. The third kappa shape index (κ3) is 3.24. The van der Waals surface area contributed by atoms with Crippen LogP contribution in [0.3, 0.4) is 0 Å². The molecule has 1 radical (unpaired) electrons. The van der Waals surface area contributed by atoms with Gasteiger partial charge in [-0.25, -0.2) is 9.97 Å². The summed E-state index contributed by atoms with van der Waals surface area (Å²) < 4.78 is 0. The van der Waals surface area contributed by atoms with E-state index in [-0.39, 0.29) is 0 Å². The van der Waals surface area contributed by atoms with Gasteiger partial charge < -0.3 is 9.80 Å². The summed E-state index contributed by atoms with van der Waals surface area (Å²) in [5.74, 6) is 1.85. The number of benzene rings is 2. The average molecular weight is 367 g/mol. The summed E-state index contributed by atoms with van der Waals surface area (Å²) in [6, 6.07) is 17.3. The van der Waals surface area contributed by atoms with Gasteiger partial charge in [-0.15, -0.1) is 0 Å². The van der Waals surface area contributed by atoms with E-state index in [4.69, 9.17) is 4.98 Å². The van der Waals surface area contributed by atoms with E-state index in [1.165, 1.54) is 0 Å². The summed E-state index contributed by atoms with van der Waals surface area (Å²) in [4.78, 5) is 22.6. The summed E-state index contributed by atoms with van der Waals surface area (Å²) in [6.07, 6.45) is 7.12. The van der Waals surface area contributed by atoms with Crippen molar-refractivity contribution in [1.82, 2.24) is 19.9 Å². The van der Waals surface area contributed by atoms with E-state index in [2.05, 4.69) is 55.1 Å². The van der Waals surface area contributed by atoms with E-state index in [0.29, 0.717) is 0 Å². The highest BCUT2D eigenvalue weighted by Gasteiger charge is 2.19. The molecule has 1 aliphatic heterocycles.